The summed E-state index contributed by atoms with van der Waals surface area (Å²) >= 11 is 0. The summed E-state index contributed by atoms with van der Waals surface area (Å²) in [7, 11) is 6.69. The van der Waals surface area contributed by atoms with Crippen molar-refractivity contribution in [3.8, 4) is 0 Å². The van der Waals surface area contributed by atoms with Crippen molar-refractivity contribution in [1.82, 2.24) is 14.7 Å². The first-order valence-electron chi connectivity index (χ1n) is 7.95. The zero-order valence-corrected chi connectivity index (χ0v) is 15.6. The predicted molar refractivity (Wildman–Crippen MR) is 91.4 cm³/mol. The van der Waals surface area contributed by atoms with E-state index in [1.54, 1.807) is 0 Å². The van der Waals surface area contributed by atoms with Crippen LogP contribution < -0.4 is 0 Å². The SMILES string of the molecule is CN(CCN(C)CC(C)(C)C)CCN(C)CC(C)(C)C. The molecule has 3 heteroatoms. The van der Waals surface area contributed by atoms with Gasteiger partial charge in [-0.05, 0) is 32.0 Å². The maximum absolute atomic E-state index is 2.44. The average Bonchev–Trinajstić information content (AvgIpc) is 2.18. The van der Waals surface area contributed by atoms with Crippen molar-refractivity contribution in [1.29, 1.82) is 0 Å². The number of rotatable bonds is 8. The van der Waals surface area contributed by atoms with Crippen LogP contribution in [0.4, 0.5) is 0 Å². The smallest absolute Gasteiger partial charge is 0.0107 e. The molecule has 0 fully saturated rings. The number of hydrogen-bond acceptors (Lipinski definition) is 3. The minimum atomic E-state index is 0.389. The van der Waals surface area contributed by atoms with Crippen molar-refractivity contribution in [2.45, 2.75) is 41.5 Å². The molecular weight excluding hydrogens is 246 g/mol. The third kappa shape index (κ3) is 12.9. The minimum absolute atomic E-state index is 0.389. The molecule has 0 radical (unpaired) electrons. The maximum atomic E-state index is 2.44. The molecule has 0 aliphatic rings. The Kier molecular flexibility index (Phi) is 8.30. The monoisotopic (exact) mass is 285 g/mol. The maximum Gasteiger partial charge on any atom is 0.0107 e. The van der Waals surface area contributed by atoms with Gasteiger partial charge in [-0.25, -0.2) is 0 Å². The highest BCUT2D eigenvalue weighted by Crippen LogP contribution is 2.14. The highest BCUT2D eigenvalue weighted by atomic mass is 15.2. The van der Waals surface area contributed by atoms with Gasteiger partial charge in [0.1, 0.15) is 0 Å². The Hall–Kier alpha value is -0.120. The number of likely N-dealkylation sites (N-methyl/N-ethyl adjacent to an activating group) is 3. The summed E-state index contributed by atoms with van der Waals surface area (Å²) in [4.78, 5) is 7.32. The molecule has 0 unspecified atom stereocenters. The second-order valence-corrected chi connectivity index (χ2v) is 8.90. The lowest BCUT2D eigenvalue weighted by Gasteiger charge is -2.30. The van der Waals surface area contributed by atoms with Crippen molar-refractivity contribution in [2.75, 3.05) is 60.4 Å². The summed E-state index contributed by atoms with van der Waals surface area (Å²) < 4.78 is 0. The molecule has 0 aliphatic carbocycles. The van der Waals surface area contributed by atoms with Crippen LogP contribution in [0.15, 0.2) is 0 Å². The zero-order chi connectivity index (χ0) is 16.0. The van der Waals surface area contributed by atoms with E-state index >= 15 is 0 Å². The lowest BCUT2D eigenvalue weighted by molar-refractivity contribution is 0.176. The topological polar surface area (TPSA) is 9.72 Å². The summed E-state index contributed by atoms with van der Waals surface area (Å²) in [5.74, 6) is 0. The van der Waals surface area contributed by atoms with Gasteiger partial charge in [0.25, 0.3) is 0 Å². The van der Waals surface area contributed by atoms with Crippen LogP contribution in [0, 0.1) is 10.8 Å². The van der Waals surface area contributed by atoms with Crippen LogP contribution in [-0.4, -0.2) is 75.1 Å². The van der Waals surface area contributed by atoms with Crippen LogP contribution >= 0.6 is 0 Å². The Morgan fingerprint density at radius 3 is 1.00 bits per heavy atom. The molecule has 0 aromatic rings. The van der Waals surface area contributed by atoms with E-state index < -0.39 is 0 Å². The first-order valence-corrected chi connectivity index (χ1v) is 7.95. The molecule has 20 heavy (non-hydrogen) atoms. The van der Waals surface area contributed by atoms with Gasteiger partial charge in [-0.3, -0.25) is 0 Å². The second-order valence-electron chi connectivity index (χ2n) is 8.90. The van der Waals surface area contributed by atoms with Gasteiger partial charge in [-0.2, -0.15) is 0 Å². The first kappa shape index (κ1) is 19.9. The fraction of sp³-hybridized carbons (Fsp3) is 1.00. The van der Waals surface area contributed by atoms with Crippen molar-refractivity contribution in [3.05, 3.63) is 0 Å². The highest BCUT2D eigenvalue weighted by Gasteiger charge is 2.15. The Morgan fingerprint density at radius 1 is 0.500 bits per heavy atom. The summed E-state index contributed by atoms with van der Waals surface area (Å²) in [5.41, 5.74) is 0.778. The van der Waals surface area contributed by atoms with Crippen molar-refractivity contribution in [3.63, 3.8) is 0 Å². The standard InChI is InChI=1S/C17H39N3/c1-16(2,3)14-19(8)12-10-18(7)11-13-20(9)15-17(4,5)6/h10-15H2,1-9H3. The van der Waals surface area contributed by atoms with E-state index in [1.165, 1.54) is 0 Å². The molecule has 0 heterocycles. The fourth-order valence-electron chi connectivity index (χ4n) is 2.57. The van der Waals surface area contributed by atoms with Crippen LogP contribution in [-0.2, 0) is 0 Å². The molecule has 122 valence electrons. The molecule has 0 aromatic carbocycles. The molecule has 0 spiro atoms. The van der Waals surface area contributed by atoms with E-state index in [2.05, 4.69) is 77.4 Å². The average molecular weight is 286 g/mol. The highest BCUT2D eigenvalue weighted by molar-refractivity contribution is 4.69. The molecule has 0 N–H and O–H groups in total. The van der Waals surface area contributed by atoms with E-state index in [4.69, 9.17) is 0 Å². The molecule has 0 saturated heterocycles. The Balaban J connectivity index is 3.81. The quantitative estimate of drug-likeness (QED) is 0.679. The van der Waals surface area contributed by atoms with Crippen molar-refractivity contribution >= 4 is 0 Å². The normalized spacial score (nSPS) is 13.8. The molecule has 0 aromatic heterocycles. The Morgan fingerprint density at radius 2 is 0.750 bits per heavy atom. The molecular formula is C17H39N3. The van der Waals surface area contributed by atoms with Crippen molar-refractivity contribution < 1.29 is 0 Å². The summed E-state index contributed by atoms with van der Waals surface area (Å²) in [6.07, 6.45) is 0. The molecule has 0 aliphatic heterocycles. The van der Waals surface area contributed by atoms with Gasteiger partial charge >= 0.3 is 0 Å². The molecule has 0 amide bonds. The van der Waals surface area contributed by atoms with Crippen LogP contribution in [0.1, 0.15) is 41.5 Å². The summed E-state index contributed by atoms with van der Waals surface area (Å²) in [5, 5.41) is 0. The van der Waals surface area contributed by atoms with E-state index in [0.29, 0.717) is 10.8 Å². The Labute approximate surface area is 128 Å². The van der Waals surface area contributed by atoms with Gasteiger partial charge in [0.2, 0.25) is 0 Å². The van der Waals surface area contributed by atoms with E-state index in [1.807, 2.05) is 0 Å². The van der Waals surface area contributed by atoms with E-state index in [-0.39, 0.29) is 0 Å². The molecule has 3 nitrogen and oxygen atoms in total. The summed E-state index contributed by atoms with van der Waals surface area (Å²) in [6, 6.07) is 0. The molecule has 0 saturated carbocycles. The van der Waals surface area contributed by atoms with E-state index in [0.717, 1.165) is 39.3 Å². The lowest BCUT2D eigenvalue weighted by Crippen LogP contribution is -2.39. The molecule has 0 rings (SSSR count). The number of nitrogens with zero attached hydrogens (tertiary/aromatic N) is 3. The summed E-state index contributed by atoms with van der Waals surface area (Å²) in [6.45, 7) is 20.7. The lowest BCUT2D eigenvalue weighted by atomic mass is 9.96. The largest absolute Gasteiger partial charge is 0.305 e. The fourth-order valence-corrected chi connectivity index (χ4v) is 2.57. The Bertz CT molecular complexity index is 224. The van der Waals surface area contributed by atoms with Gasteiger partial charge in [0, 0.05) is 39.3 Å². The third-order valence-electron chi connectivity index (χ3n) is 3.22. The first-order chi connectivity index (χ1) is 8.89. The van der Waals surface area contributed by atoms with Crippen LogP contribution in [0.3, 0.4) is 0 Å². The van der Waals surface area contributed by atoms with Gasteiger partial charge in [0.05, 0.1) is 0 Å². The van der Waals surface area contributed by atoms with E-state index in [9.17, 15) is 0 Å². The molecule has 0 atom stereocenters. The second kappa shape index (κ2) is 8.35. The number of hydrogen-bond donors (Lipinski definition) is 0. The zero-order valence-electron chi connectivity index (χ0n) is 15.6. The third-order valence-corrected chi connectivity index (χ3v) is 3.22. The van der Waals surface area contributed by atoms with Gasteiger partial charge in [-0.15, -0.1) is 0 Å². The van der Waals surface area contributed by atoms with Crippen LogP contribution in [0.5, 0.6) is 0 Å². The van der Waals surface area contributed by atoms with Gasteiger partial charge < -0.3 is 14.7 Å². The molecule has 0 bridgehead atoms. The van der Waals surface area contributed by atoms with Crippen LogP contribution in [0.25, 0.3) is 0 Å². The van der Waals surface area contributed by atoms with Crippen molar-refractivity contribution in [2.24, 2.45) is 10.8 Å². The van der Waals surface area contributed by atoms with Crippen LogP contribution in [0.2, 0.25) is 0 Å². The minimum Gasteiger partial charge on any atom is -0.305 e. The van der Waals surface area contributed by atoms with Gasteiger partial charge in [0.15, 0.2) is 0 Å². The predicted octanol–water partition coefficient (Wildman–Crippen LogP) is 2.87. The van der Waals surface area contributed by atoms with Gasteiger partial charge in [-0.1, -0.05) is 41.5 Å².